The van der Waals surface area contributed by atoms with Gasteiger partial charge in [-0.05, 0) is 37.9 Å². The molecule has 0 saturated heterocycles. The molecule has 0 saturated carbocycles. The predicted molar refractivity (Wildman–Crippen MR) is 93.8 cm³/mol. The van der Waals surface area contributed by atoms with E-state index in [4.69, 9.17) is 4.74 Å². The van der Waals surface area contributed by atoms with Gasteiger partial charge in [0.1, 0.15) is 6.61 Å². The molecule has 0 aliphatic carbocycles. The summed E-state index contributed by atoms with van der Waals surface area (Å²) in [4.78, 5) is 14.6. The van der Waals surface area contributed by atoms with Crippen LogP contribution in [-0.2, 0) is 4.74 Å². The number of rotatable bonds is 5. The Labute approximate surface area is 135 Å². The molecule has 0 bridgehead atoms. The van der Waals surface area contributed by atoms with E-state index < -0.39 is 0 Å². The lowest BCUT2D eigenvalue weighted by Gasteiger charge is -2.09. The van der Waals surface area contributed by atoms with Crippen molar-refractivity contribution in [3.8, 4) is 0 Å². The predicted octanol–water partition coefficient (Wildman–Crippen LogP) is 3.45. The summed E-state index contributed by atoms with van der Waals surface area (Å²) in [6.45, 7) is 4.89. The number of esters is 1. The number of carbonyl (C=O) groups is 1. The molecule has 0 atom stereocenters. The molecule has 0 amide bonds. The zero-order valence-electron chi connectivity index (χ0n) is 13.5. The zero-order valence-corrected chi connectivity index (χ0v) is 13.5. The standard InChI is InChI=1S/C19H20N2O2/c1-4-14-8-9-15-17(13-14)21-10-6-5-7-16(21)18(15)19(22)23-12-11-20(2)3/h4-10,13H,1,11-12H2,2-3H3. The molecule has 0 N–H and O–H groups in total. The van der Waals surface area contributed by atoms with E-state index in [9.17, 15) is 4.79 Å². The Balaban J connectivity index is 2.10. The van der Waals surface area contributed by atoms with Gasteiger partial charge in [0.15, 0.2) is 0 Å². The summed E-state index contributed by atoms with van der Waals surface area (Å²) in [7, 11) is 3.90. The average Bonchev–Trinajstić information content (AvgIpc) is 2.88. The van der Waals surface area contributed by atoms with E-state index in [0.717, 1.165) is 22.0 Å². The summed E-state index contributed by atoms with van der Waals surface area (Å²) in [5.74, 6) is -0.281. The van der Waals surface area contributed by atoms with Crippen molar-refractivity contribution >= 4 is 28.5 Å². The molecule has 2 heterocycles. The maximum atomic E-state index is 12.6. The third kappa shape index (κ3) is 2.85. The van der Waals surface area contributed by atoms with E-state index in [1.165, 1.54) is 0 Å². The van der Waals surface area contributed by atoms with Crippen LogP contribution in [0.4, 0.5) is 0 Å². The number of pyridine rings is 1. The van der Waals surface area contributed by atoms with Crippen molar-refractivity contribution in [3.63, 3.8) is 0 Å². The fraction of sp³-hybridized carbons (Fsp3) is 0.211. The molecule has 2 aromatic heterocycles. The van der Waals surface area contributed by atoms with Crippen molar-refractivity contribution in [1.82, 2.24) is 9.30 Å². The number of hydrogen-bond donors (Lipinski definition) is 0. The van der Waals surface area contributed by atoms with E-state index in [1.807, 2.05) is 66.0 Å². The second-order valence-electron chi connectivity index (χ2n) is 5.75. The van der Waals surface area contributed by atoms with Crippen LogP contribution in [0.5, 0.6) is 0 Å². The molecule has 3 aromatic rings. The first-order valence-corrected chi connectivity index (χ1v) is 7.59. The summed E-state index contributed by atoms with van der Waals surface area (Å²) in [5.41, 5.74) is 3.49. The minimum atomic E-state index is -0.281. The van der Waals surface area contributed by atoms with Crippen LogP contribution in [0.2, 0.25) is 0 Å². The number of carbonyl (C=O) groups excluding carboxylic acids is 1. The van der Waals surface area contributed by atoms with E-state index >= 15 is 0 Å². The first-order chi connectivity index (χ1) is 11.1. The summed E-state index contributed by atoms with van der Waals surface area (Å²) < 4.78 is 7.47. The van der Waals surface area contributed by atoms with Gasteiger partial charge in [-0.25, -0.2) is 4.79 Å². The molecule has 0 unspecified atom stereocenters. The zero-order chi connectivity index (χ0) is 16.4. The number of likely N-dealkylation sites (N-methyl/N-ethyl adjacent to an activating group) is 1. The van der Waals surface area contributed by atoms with E-state index in [1.54, 1.807) is 6.08 Å². The van der Waals surface area contributed by atoms with Gasteiger partial charge in [-0.15, -0.1) is 0 Å². The van der Waals surface area contributed by atoms with Crippen LogP contribution in [0.15, 0.2) is 49.2 Å². The highest BCUT2D eigenvalue weighted by Crippen LogP contribution is 2.28. The van der Waals surface area contributed by atoms with Gasteiger partial charge in [-0.2, -0.15) is 0 Å². The molecular weight excluding hydrogens is 288 g/mol. The molecule has 0 spiro atoms. The van der Waals surface area contributed by atoms with Crippen molar-refractivity contribution in [3.05, 3.63) is 60.3 Å². The number of aromatic nitrogens is 1. The van der Waals surface area contributed by atoms with Gasteiger partial charge >= 0.3 is 5.97 Å². The van der Waals surface area contributed by atoms with Crippen LogP contribution in [0.1, 0.15) is 15.9 Å². The van der Waals surface area contributed by atoms with Crippen molar-refractivity contribution in [2.75, 3.05) is 27.2 Å². The fourth-order valence-electron chi connectivity index (χ4n) is 2.69. The summed E-state index contributed by atoms with van der Waals surface area (Å²) in [5, 5.41) is 0.900. The van der Waals surface area contributed by atoms with E-state index in [-0.39, 0.29) is 5.97 Å². The number of hydrogen-bond acceptors (Lipinski definition) is 3. The highest BCUT2D eigenvalue weighted by atomic mass is 16.5. The maximum Gasteiger partial charge on any atom is 0.341 e. The Morgan fingerprint density at radius 2 is 2.09 bits per heavy atom. The molecule has 0 aliphatic rings. The highest BCUT2D eigenvalue weighted by molar-refractivity contribution is 6.12. The number of nitrogens with zero attached hydrogens (tertiary/aromatic N) is 2. The quantitative estimate of drug-likeness (QED) is 0.677. The third-order valence-electron chi connectivity index (χ3n) is 3.88. The second kappa shape index (κ2) is 6.26. The fourth-order valence-corrected chi connectivity index (χ4v) is 2.69. The molecule has 0 aliphatic heterocycles. The molecule has 4 heteroatoms. The van der Waals surface area contributed by atoms with E-state index in [0.29, 0.717) is 18.7 Å². The lowest BCUT2D eigenvalue weighted by atomic mass is 10.1. The molecule has 4 nitrogen and oxygen atoms in total. The normalized spacial score (nSPS) is 11.3. The number of ether oxygens (including phenoxy) is 1. The Hall–Kier alpha value is -2.59. The largest absolute Gasteiger partial charge is 0.461 e. The third-order valence-corrected chi connectivity index (χ3v) is 3.88. The lowest BCUT2D eigenvalue weighted by molar-refractivity contribution is 0.0486. The molecule has 0 radical (unpaired) electrons. The van der Waals surface area contributed by atoms with Crippen LogP contribution in [0, 0.1) is 0 Å². The monoisotopic (exact) mass is 308 g/mol. The van der Waals surface area contributed by atoms with Crippen LogP contribution >= 0.6 is 0 Å². The van der Waals surface area contributed by atoms with Crippen molar-refractivity contribution in [1.29, 1.82) is 0 Å². The molecular formula is C19H20N2O2. The highest BCUT2D eigenvalue weighted by Gasteiger charge is 2.19. The number of fused-ring (bicyclic) bond motifs is 3. The van der Waals surface area contributed by atoms with Gasteiger partial charge in [0.2, 0.25) is 0 Å². The molecule has 23 heavy (non-hydrogen) atoms. The summed E-state index contributed by atoms with van der Waals surface area (Å²) >= 11 is 0. The van der Waals surface area contributed by atoms with Crippen molar-refractivity contribution in [2.45, 2.75) is 0 Å². The minimum absolute atomic E-state index is 0.281. The Kier molecular flexibility index (Phi) is 4.17. The van der Waals surface area contributed by atoms with Crippen LogP contribution < -0.4 is 0 Å². The van der Waals surface area contributed by atoms with Gasteiger partial charge in [-0.3, -0.25) is 0 Å². The van der Waals surface area contributed by atoms with Gasteiger partial charge in [0, 0.05) is 18.1 Å². The Morgan fingerprint density at radius 3 is 2.83 bits per heavy atom. The van der Waals surface area contributed by atoms with E-state index in [2.05, 4.69) is 6.58 Å². The first-order valence-electron chi connectivity index (χ1n) is 7.59. The van der Waals surface area contributed by atoms with Gasteiger partial charge in [0.25, 0.3) is 0 Å². The summed E-state index contributed by atoms with van der Waals surface area (Å²) in [6, 6.07) is 11.8. The minimum Gasteiger partial charge on any atom is -0.461 e. The molecule has 0 fully saturated rings. The van der Waals surface area contributed by atoms with Crippen LogP contribution in [0.25, 0.3) is 22.5 Å². The second-order valence-corrected chi connectivity index (χ2v) is 5.75. The van der Waals surface area contributed by atoms with Gasteiger partial charge in [-0.1, -0.05) is 30.9 Å². The van der Waals surface area contributed by atoms with Gasteiger partial charge < -0.3 is 14.0 Å². The summed E-state index contributed by atoms with van der Waals surface area (Å²) in [6.07, 6.45) is 3.76. The van der Waals surface area contributed by atoms with Crippen molar-refractivity contribution in [2.24, 2.45) is 0 Å². The Morgan fingerprint density at radius 1 is 1.26 bits per heavy atom. The lowest BCUT2D eigenvalue weighted by Crippen LogP contribution is -2.20. The maximum absolute atomic E-state index is 12.6. The van der Waals surface area contributed by atoms with Crippen LogP contribution in [0.3, 0.4) is 0 Å². The molecule has 3 rings (SSSR count). The SMILES string of the molecule is C=Cc1ccc2c(C(=O)OCCN(C)C)c3ccccn3c2c1. The molecule has 118 valence electrons. The average molecular weight is 308 g/mol. The first kappa shape index (κ1) is 15.3. The van der Waals surface area contributed by atoms with Crippen molar-refractivity contribution < 1.29 is 9.53 Å². The van der Waals surface area contributed by atoms with Crippen LogP contribution in [-0.4, -0.2) is 42.5 Å². The topological polar surface area (TPSA) is 34.0 Å². The number of benzene rings is 1. The van der Waals surface area contributed by atoms with Gasteiger partial charge in [0.05, 0.1) is 16.6 Å². The smallest absolute Gasteiger partial charge is 0.341 e. The molecule has 1 aromatic carbocycles. The Bertz CT molecular complexity index is 878.